The van der Waals surface area contributed by atoms with E-state index < -0.39 is 23.9 Å². The predicted octanol–water partition coefficient (Wildman–Crippen LogP) is -0.754. The van der Waals surface area contributed by atoms with Gasteiger partial charge in [-0.1, -0.05) is 20.8 Å². The zero-order valence-electron chi connectivity index (χ0n) is 12.4. The van der Waals surface area contributed by atoms with Gasteiger partial charge >= 0.3 is 0 Å². The Kier molecular flexibility index (Phi) is 8.54. The highest BCUT2D eigenvalue weighted by Crippen LogP contribution is 2.04. The summed E-state index contributed by atoms with van der Waals surface area (Å²) in [6.45, 7) is 5.67. The van der Waals surface area contributed by atoms with Gasteiger partial charge in [-0.05, 0) is 18.8 Å². The van der Waals surface area contributed by atoms with Crippen molar-refractivity contribution in [2.75, 3.05) is 6.54 Å². The van der Waals surface area contributed by atoms with Gasteiger partial charge in [-0.3, -0.25) is 14.4 Å². The summed E-state index contributed by atoms with van der Waals surface area (Å²) in [5.41, 5.74) is 10.7. The van der Waals surface area contributed by atoms with Crippen LogP contribution in [0.4, 0.5) is 0 Å². The lowest BCUT2D eigenvalue weighted by molar-refractivity contribution is -0.131. The average molecular weight is 286 g/mol. The number of hydrogen-bond acceptors (Lipinski definition) is 4. The highest BCUT2D eigenvalue weighted by Gasteiger charge is 2.24. The maximum Gasteiger partial charge on any atom is 0.244 e. The normalized spacial score (nSPS) is 13.7. The van der Waals surface area contributed by atoms with Crippen molar-refractivity contribution in [2.45, 2.75) is 52.1 Å². The Balaban J connectivity index is 4.58. The molecule has 0 aliphatic rings. The Labute approximate surface area is 119 Å². The molecule has 0 aliphatic carbocycles. The van der Waals surface area contributed by atoms with Crippen molar-refractivity contribution in [3.8, 4) is 0 Å². The Morgan fingerprint density at radius 2 is 1.70 bits per heavy atom. The molecular formula is C13H26N4O3. The van der Waals surface area contributed by atoms with Gasteiger partial charge in [-0.2, -0.15) is 0 Å². The number of nitrogens with one attached hydrogen (secondary N) is 2. The van der Waals surface area contributed by atoms with E-state index in [0.717, 1.165) is 0 Å². The zero-order valence-corrected chi connectivity index (χ0v) is 12.4. The molecule has 0 bridgehead atoms. The van der Waals surface area contributed by atoms with Gasteiger partial charge in [0.15, 0.2) is 0 Å². The topological polar surface area (TPSA) is 127 Å². The van der Waals surface area contributed by atoms with Crippen LogP contribution in [-0.2, 0) is 14.4 Å². The van der Waals surface area contributed by atoms with Crippen LogP contribution in [0.5, 0.6) is 0 Å². The van der Waals surface area contributed by atoms with E-state index >= 15 is 0 Å². The minimum atomic E-state index is -0.844. The third kappa shape index (κ3) is 7.08. The molecule has 0 aromatic carbocycles. The number of carbonyl (C=O) groups is 3. The number of primary amides is 1. The molecule has 0 fully saturated rings. The molecule has 0 aliphatic heterocycles. The zero-order chi connectivity index (χ0) is 15.7. The summed E-state index contributed by atoms with van der Waals surface area (Å²) in [7, 11) is 0. The molecule has 0 rings (SSSR count). The molecule has 0 unspecified atom stereocenters. The highest BCUT2D eigenvalue weighted by atomic mass is 16.2. The van der Waals surface area contributed by atoms with Gasteiger partial charge in [0.25, 0.3) is 0 Å². The first kappa shape index (κ1) is 18.4. The second-order valence-electron chi connectivity index (χ2n) is 5.20. The summed E-state index contributed by atoms with van der Waals surface area (Å²) in [6, 6.07) is -1.59. The highest BCUT2D eigenvalue weighted by molar-refractivity contribution is 5.91. The molecule has 0 saturated carbocycles. The van der Waals surface area contributed by atoms with Gasteiger partial charge in [0.2, 0.25) is 17.7 Å². The maximum absolute atomic E-state index is 12.0. The Morgan fingerprint density at radius 1 is 1.10 bits per heavy atom. The summed E-state index contributed by atoms with van der Waals surface area (Å²) in [6.07, 6.45) is 1.46. The van der Waals surface area contributed by atoms with Crippen LogP contribution in [0.15, 0.2) is 0 Å². The minimum Gasteiger partial charge on any atom is -0.368 e. The molecule has 0 heterocycles. The lowest BCUT2D eigenvalue weighted by atomic mass is 10.0. The van der Waals surface area contributed by atoms with Crippen molar-refractivity contribution in [1.82, 2.24) is 10.6 Å². The van der Waals surface area contributed by atoms with Crippen LogP contribution in [0.25, 0.3) is 0 Å². The molecule has 7 heteroatoms. The van der Waals surface area contributed by atoms with Crippen molar-refractivity contribution in [2.24, 2.45) is 17.4 Å². The summed E-state index contributed by atoms with van der Waals surface area (Å²) >= 11 is 0. The summed E-state index contributed by atoms with van der Waals surface area (Å²) < 4.78 is 0. The van der Waals surface area contributed by atoms with Gasteiger partial charge in [0.05, 0.1) is 0 Å². The maximum atomic E-state index is 12.0. The van der Waals surface area contributed by atoms with Crippen LogP contribution < -0.4 is 22.1 Å². The van der Waals surface area contributed by atoms with E-state index in [9.17, 15) is 14.4 Å². The monoisotopic (exact) mass is 286 g/mol. The number of nitrogens with two attached hydrogens (primary N) is 2. The van der Waals surface area contributed by atoms with E-state index in [1.54, 1.807) is 0 Å². The van der Waals surface area contributed by atoms with Crippen LogP contribution in [0.3, 0.4) is 0 Å². The van der Waals surface area contributed by atoms with E-state index in [1.165, 1.54) is 0 Å². The SMILES string of the molecule is CCCC(=O)N[C@@H](CN)C(=O)N[C@@H](CC(C)C)C(N)=O. The predicted molar refractivity (Wildman–Crippen MR) is 76.5 cm³/mol. The number of rotatable bonds is 9. The van der Waals surface area contributed by atoms with Crippen molar-refractivity contribution in [3.63, 3.8) is 0 Å². The van der Waals surface area contributed by atoms with E-state index in [4.69, 9.17) is 11.5 Å². The van der Waals surface area contributed by atoms with Gasteiger partial charge in [-0.25, -0.2) is 0 Å². The molecule has 0 aromatic heterocycles. The molecule has 0 radical (unpaired) electrons. The number of hydrogen-bond donors (Lipinski definition) is 4. The number of amides is 3. The molecule has 0 aromatic rings. The van der Waals surface area contributed by atoms with Crippen molar-refractivity contribution < 1.29 is 14.4 Å². The molecule has 2 atom stereocenters. The van der Waals surface area contributed by atoms with Crippen LogP contribution in [0, 0.1) is 5.92 Å². The van der Waals surface area contributed by atoms with E-state index in [2.05, 4.69) is 10.6 Å². The van der Waals surface area contributed by atoms with E-state index in [1.807, 2.05) is 20.8 Å². The molecule has 0 saturated heterocycles. The molecular weight excluding hydrogens is 260 g/mol. The fourth-order valence-electron chi connectivity index (χ4n) is 1.71. The van der Waals surface area contributed by atoms with E-state index in [-0.39, 0.29) is 18.4 Å². The Hall–Kier alpha value is -1.63. The molecule has 7 nitrogen and oxygen atoms in total. The molecule has 3 amide bonds. The first-order chi connectivity index (χ1) is 9.31. The quantitative estimate of drug-likeness (QED) is 0.444. The second-order valence-corrected chi connectivity index (χ2v) is 5.20. The van der Waals surface area contributed by atoms with Gasteiger partial charge in [0, 0.05) is 13.0 Å². The standard InChI is InChI=1S/C13H26N4O3/c1-4-5-11(18)16-10(7-14)13(20)17-9(12(15)19)6-8(2)3/h8-10H,4-7,14H2,1-3H3,(H2,15,19)(H,16,18)(H,17,20)/t9-,10-/m0/s1. The summed E-state index contributed by atoms with van der Waals surface area (Å²) in [4.78, 5) is 34.8. The van der Waals surface area contributed by atoms with Crippen LogP contribution in [0.2, 0.25) is 0 Å². The molecule has 116 valence electrons. The van der Waals surface area contributed by atoms with Gasteiger partial charge in [-0.15, -0.1) is 0 Å². The largest absolute Gasteiger partial charge is 0.368 e. The van der Waals surface area contributed by atoms with Gasteiger partial charge < -0.3 is 22.1 Å². The fraction of sp³-hybridized carbons (Fsp3) is 0.769. The van der Waals surface area contributed by atoms with Crippen molar-refractivity contribution in [3.05, 3.63) is 0 Å². The Bertz CT molecular complexity index is 345. The second kappa shape index (κ2) is 9.30. The summed E-state index contributed by atoms with van der Waals surface area (Å²) in [5, 5.41) is 5.07. The smallest absolute Gasteiger partial charge is 0.244 e. The lowest BCUT2D eigenvalue weighted by Crippen LogP contribution is -2.55. The third-order valence-corrected chi connectivity index (χ3v) is 2.73. The minimum absolute atomic E-state index is 0.0333. The lowest BCUT2D eigenvalue weighted by Gasteiger charge is -2.21. The number of carbonyl (C=O) groups excluding carboxylic acids is 3. The van der Waals surface area contributed by atoms with Gasteiger partial charge in [0.1, 0.15) is 12.1 Å². The van der Waals surface area contributed by atoms with Crippen molar-refractivity contribution in [1.29, 1.82) is 0 Å². The third-order valence-electron chi connectivity index (χ3n) is 2.73. The van der Waals surface area contributed by atoms with Crippen LogP contribution in [-0.4, -0.2) is 36.3 Å². The average Bonchev–Trinajstić information content (AvgIpc) is 2.34. The fourth-order valence-corrected chi connectivity index (χ4v) is 1.71. The molecule has 0 spiro atoms. The first-order valence-corrected chi connectivity index (χ1v) is 6.90. The van der Waals surface area contributed by atoms with E-state index in [0.29, 0.717) is 19.3 Å². The summed E-state index contributed by atoms with van der Waals surface area (Å²) in [5.74, 6) is -1.11. The molecule has 20 heavy (non-hydrogen) atoms. The first-order valence-electron chi connectivity index (χ1n) is 6.90. The molecule has 6 N–H and O–H groups in total. The van der Waals surface area contributed by atoms with Crippen LogP contribution >= 0.6 is 0 Å². The van der Waals surface area contributed by atoms with Crippen molar-refractivity contribution >= 4 is 17.7 Å². The Morgan fingerprint density at radius 3 is 2.10 bits per heavy atom. The van der Waals surface area contributed by atoms with Crippen LogP contribution in [0.1, 0.15) is 40.0 Å².